The molecule has 2 nitrogen and oxygen atoms in total. The molecule has 2 rings (SSSR count). The van der Waals surface area contributed by atoms with Gasteiger partial charge in [-0.1, -0.05) is 30.9 Å². The third-order valence-corrected chi connectivity index (χ3v) is 4.64. The SMILES string of the molecule is COC(C(N)Cc1cc(F)ccc1Cl)C1CCCCC1. The lowest BCUT2D eigenvalue weighted by molar-refractivity contribution is 0.0179. The van der Waals surface area contributed by atoms with Crippen LogP contribution in [0.1, 0.15) is 37.7 Å². The van der Waals surface area contributed by atoms with Crippen LogP contribution in [0.15, 0.2) is 18.2 Å². The first-order valence-electron chi connectivity index (χ1n) is 7.34. The van der Waals surface area contributed by atoms with Crippen molar-refractivity contribution < 1.29 is 9.13 Å². The molecule has 2 N–H and O–H groups in total. The maximum absolute atomic E-state index is 13.3. The van der Waals surface area contributed by atoms with Crippen LogP contribution in [-0.2, 0) is 11.2 Å². The molecule has 1 saturated carbocycles. The minimum absolute atomic E-state index is 0.0228. The van der Waals surface area contributed by atoms with Gasteiger partial charge in [0.15, 0.2) is 0 Å². The minimum atomic E-state index is -0.275. The second kappa shape index (κ2) is 7.39. The van der Waals surface area contributed by atoms with Gasteiger partial charge in [-0.05, 0) is 48.9 Å². The molecule has 1 aromatic carbocycles. The number of halogens is 2. The molecule has 1 aliphatic rings. The van der Waals surface area contributed by atoms with Gasteiger partial charge in [0, 0.05) is 18.2 Å². The Morgan fingerprint density at radius 2 is 2.05 bits per heavy atom. The van der Waals surface area contributed by atoms with Crippen molar-refractivity contribution in [3.8, 4) is 0 Å². The zero-order valence-electron chi connectivity index (χ0n) is 11.9. The summed E-state index contributed by atoms with van der Waals surface area (Å²) >= 11 is 6.11. The highest BCUT2D eigenvalue weighted by molar-refractivity contribution is 6.31. The summed E-state index contributed by atoms with van der Waals surface area (Å²) in [5, 5.41) is 0.570. The van der Waals surface area contributed by atoms with Crippen molar-refractivity contribution in [2.24, 2.45) is 11.7 Å². The summed E-state index contributed by atoms with van der Waals surface area (Å²) in [7, 11) is 1.71. The van der Waals surface area contributed by atoms with Gasteiger partial charge in [-0.2, -0.15) is 0 Å². The van der Waals surface area contributed by atoms with Crippen molar-refractivity contribution in [2.45, 2.75) is 50.7 Å². The molecular weight excluding hydrogens is 277 g/mol. The summed E-state index contributed by atoms with van der Waals surface area (Å²) < 4.78 is 18.9. The molecule has 0 radical (unpaired) electrons. The Morgan fingerprint density at radius 1 is 1.35 bits per heavy atom. The summed E-state index contributed by atoms with van der Waals surface area (Å²) in [6.45, 7) is 0. The molecule has 0 spiro atoms. The third-order valence-electron chi connectivity index (χ3n) is 4.27. The highest BCUT2D eigenvalue weighted by Gasteiger charge is 2.29. The smallest absolute Gasteiger partial charge is 0.123 e. The first-order valence-corrected chi connectivity index (χ1v) is 7.72. The van der Waals surface area contributed by atoms with E-state index in [4.69, 9.17) is 22.1 Å². The average molecular weight is 300 g/mol. The molecule has 1 aliphatic carbocycles. The highest BCUT2D eigenvalue weighted by Crippen LogP contribution is 2.30. The maximum atomic E-state index is 13.3. The van der Waals surface area contributed by atoms with Gasteiger partial charge in [0.25, 0.3) is 0 Å². The van der Waals surface area contributed by atoms with E-state index in [1.165, 1.54) is 44.2 Å². The number of nitrogens with two attached hydrogens (primary N) is 1. The monoisotopic (exact) mass is 299 g/mol. The lowest BCUT2D eigenvalue weighted by atomic mass is 9.81. The van der Waals surface area contributed by atoms with Gasteiger partial charge < -0.3 is 10.5 Å². The van der Waals surface area contributed by atoms with Gasteiger partial charge in [0.05, 0.1) is 6.10 Å². The molecule has 1 aromatic rings. The van der Waals surface area contributed by atoms with E-state index in [1.807, 2.05) is 0 Å². The Bertz CT molecular complexity index is 434. The highest BCUT2D eigenvalue weighted by atomic mass is 35.5. The van der Waals surface area contributed by atoms with E-state index >= 15 is 0 Å². The number of ether oxygens (including phenoxy) is 1. The Hall–Kier alpha value is -0.640. The second-order valence-electron chi connectivity index (χ2n) is 5.70. The zero-order valence-corrected chi connectivity index (χ0v) is 12.7. The fourth-order valence-electron chi connectivity index (χ4n) is 3.25. The van der Waals surface area contributed by atoms with Crippen LogP contribution in [0.25, 0.3) is 0 Å². The number of benzene rings is 1. The lowest BCUT2D eigenvalue weighted by Gasteiger charge is -2.33. The molecule has 0 heterocycles. The minimum Gasteiger partial charge on any atom is -0.380 e. The molecule has 1 fully saturated rings. The van der Waals surface area contributed by atoms with Crippen LogP contribution in [0.4, 0.5) is 4.39 Å². The first kappa shape index (κ1) is 15.7. The molecule has 2 unspecified atom stereocenters. The van der Waals surface area contributed by atoms with Crippen LogP contribution in [0.5, 0.6) is 0 Å². The molecule has 112 valence electrons. The van der Waals surface area contributed by atoms with Crippen molar-refractivity contribution in [2.75, 3.05) is 7.11 Å². The normalized spacial score (nSPS) is 19.8. The number of hydrogen-bond donors (Lipinski definition) is 1. The van der Waals surface area contributed by atoms with E-state index in [9.17, 15) is 4.39 Å². The fourth-order valence-corrected chi connectivity index (χ4v) is 3.44. The van der Waals surface area contributed by atoms with E-state index in [0.717, 1.165) is 5.56 Å². The van der Waals surface area contributed by atoms with Crippen LogP contribution in [0.3, 0.4) is 0 Å². The Morgan fingerprint density at radius 3 is 2.70 bits per heavy atom. The van der Waals surface area contributed by atoms with Crippen molar-refractivity contribution in [1.29, 1.82) is 0 Å². The van der Waals surface area contributed by atoms with Gasteiger partial charge in [0.2, 0.25) is 0 Å². The standard InChI is InChI=1S/C16H23ClFNO/c1-20-16(11-5-3-2-4-6-11)15(19)10-12-9-13(18)7-8-14(12)17/h7-9,11,15-16H,2-6,10,19H2,1H3. The molecule has 0 amide bonds. The summed E-state index contributed by atoms with van der Waals surface area (Å²) in [5.74, 6) is 0.235. The summed E-state index contributed by atoms with van der Waals surface area (Å²) in [4.78, 5) is 0. The second-order valence-corrected chi connectivity index (χ2v) is 6.11. The molecule has 0 saturated heterocycles. The van der Waals surface area contributed by atoms with E-state index < -0.39 is 0 Å². The molecule has 0 aromatic heterocycles. The van der Waals surface area contributed by atoms with E-state index in [1.54, 1.807) is 13.2 Å². The predicted octanol–water partition coefficient (Wildman–Crippen LogP) is 3.94. The van der Waals surface area contributed by atoms with E-state index in [0.29, 0.717) is 17.4 Å². The van der Waals surface area contributed by atoms with Crippen LogP contribution in [0, 0.1) is 11.7 Å². The summed E-state index contributed by atoms with van der Waals surface area (Å²) in [5.41, 5.74) is 7.07. The summed E-state index contributed by atoms with van der Waals surface area (Å²) in [6.07, 6.45) is 6.71. The van der Waals surface area contributed by atoms with E-state index in [-0.39, 0.29) is 18.0 Å². The van der Waals surface area contributed by atoms with Crippen LogP contribution in [-0.4, -0.2) is 19.3 Å². The van der Waals surface area contributed by atoms with Crippen molar-refractivity contribution in [3.63, 3.8) is 0 Å². The molecule has 20 heavy (non-hydrogen) atoms. The molecule has 4 heteroatoms. The van der Waals surface area contributed by atoms with Gasteiger partial charge in [0.1, 0.15) is 5.82 Å². The Labute approximate surface area is 125 Å². The van der Waals surface area contributed by atoms with Crippen LogP contribution < -0.4 is 5.73 Å². The van der Waals surface area contributed by atoms with Crippen molar-refractivity contribution in [1.82, 2.24) is 0 Å². The average Bonchev–Trinajstić information content (AvgIpc) is 2.45. The predicted molar refractivity (Wildman–Crippen MR) is 80.5 cm³/mol. The van der Waals surface area contributed by atoms with Crippen LogP contribution >= 0.6 is 11.6 Å². The zero-order chi connectivity index (χ0) is 14.5. The van der Waals surface area contributed by atoms with Gasteiger partial charge in [-0.15, -0.1) is 0 Å². The first-order chi connectivity index (χ1) is 9.61. The number of rotatable bonds is 5. The maximum Gasteiger partial charge on any atom is 0.123 e. The van der Waals surface area contributed by atoms with Gasteiger partial charge in [-0.25, -0.2) is 4.39 Å². The molecular formula is C16H23ClFNO. The molecule has 2 atom stereocenters. The molecule has 0 aliphatic heterocycles. The number of hydrogen-bond acceptors (Lipinski definition) is 2. The fraction of sp³-hybridized carbons (Fsp3) is 0.625. The van der Waals surface area contributed by atoms with Gasteiger partial charge >= 0.3 is 0 Å². The van der Waals surface area contributed by atoms with Gasteiger partial charge in [-0.3, -0.25) is 0 Å². The van der Waals surface area contributed by atoms with Crippen molar-refractivity contribution >= 4 is 11.6 Å². The lowest BCUT2D eigenvalue weighted by Crippen LogP contribution is -2.43. The third kappa shape index (κ3) is 3.94. The van der Waals surface area contributed by atoms with E-state index in [2.05, 4.69) is 0 Å². The van der Waals surface area contributed by atoms with Crippen LogP contribution in [0.2, 0.25) is 5.02 Å². The molecule has 0 bridgehead atoms. The van der Waals surface area contributed by atoms with Crippen molar-refractivity contribution in [3.05, 3.63) is 34.6 Å². The quantitative estimate of drug-likeness (QED) is 0.893. The largest absolute Gasteiger partial charge is 0.380 e. The Balaban J connectivity index is 2.04. The Kier molecular flexibility index (Phi) is 5.82. The summed E-state index contributed by atoms with van der Waals surface area (Å²) in [6, 6.07) is 4.27. The number of methoxy groups -OCH3 is 1. The topological polar surface area (TPSA) is 35.2 Å².